The second-order valence-electron chi connectivity index (χ2n) is 7.78. The molecule has 0 fully saturated rings. The molecule has 1 N–H and O–H groups in total. The highest BCUT2D eigenvalue weighted by Crippen LogP contribution is 2.36. The summed E-state index contributed by atoms with van der Waals surface area (Å²) in [5.74, 6) is -0.169. The summed E-state index contributed by atoms with van der Waals surface area (Å²) in [5.41, 5.74) is 6.77. The third-order valence-electron chi connectivity index (χ3n) is 4.73. The third kappa shape index (κ3) is 8.51. The van der Waals surface area contributed by atoms with Gasteiger partial charge in [0.15, 0.2) is 0 Å². The van der Waals surface area contributed by atoms with Crippen molar-refractivity contribution in [3.8, 4) is 0 Å². The minimum absolute atomic E-state index is 0.733. The van der Waals surface area contributed by atoms with Gasteiger partial charge in [-0.2, -0.15) is 0 Å². The number of carbonyl (C=O) groups is 1. The second-order valence-corrected chi connectivity index (χ2v) is 7.78. The molecule has 0 saturated heterocycles. The summed E-state index contributed by atoms with van der Waals surface area (Å²) in [6.45, 7) is 10.8. The van der Waals surface area contributed by atoms with E-state index in [2.05, 4.69) is 39.8 Å². The predicted molar refractivity (Wildman–Crippen MR) is 112 cm³/mol. The largest absolute Gasteiger partial charge is 0.478 e. The predicted octanol–water partition coefficient (Wildman–Crippen LogP) is 7.16. The van der Waals surface area contributed by atoms with E-state index >= 15 is 0 Å². The summed E-state index contributed by atoms with van der Waals surface area (Å²) in [6.07, 6.45) is 18.0. The standard InChI is InChI=1S/C24H36O2/c1-6-9-21-12-8-13-22(23(21)15-14-18(2)3)16-19(4)10-7-11-20(5)17-24(25)26/h7,10-11,16-18H,6,8-9,12-15H2,1-5H3,(H,25,26)/b11-7+,19-10-,20-17+,22-16+. The average molecular weight is 357 g/mol. The van der Waals surface area contributed by atoms with E-state index < -0.39 is 5.97 Å². The number of hydrogen-bond acceptors (Lipinski definition) is 1. The lowest BCUT2D eigenvalue weighted by atomic mass is 9.81. The molecule has 0 aromatic heterocycles. The van der Waals surface area contributed by atoms with E-state index in [1.807, 2.05) is 12.2 Å². The fraction of sp³-hybridized carbons (Fsp3) is 0.542. The van der Waals surface area contributed by atoms with E-state index in [4.69, 9.17) is 5.11 Å². The van der Waals surface area contributed by atoms with Gasteiger partial charge in [-0.25, -0.2) is 4.79 Å². The maximum atomic E-state index is 10.7. The van der Waals surface area contributed by atoms with E-state index in [-0.39, 0.29) is 0 Å². The van der Waals surface area contributed by atoms with Crippen LogP contribution >= 0.6 is 0 Å². The second kappa shape index (κ2) is 11.7. The summed E-state index contributed by atoms with van der Waals surface area (Å²) < 4.78 is 0. The Morgan fingerprint density at radius 2 is 1.88 bits per heavy atom. The molecule has 0 radical (unpaired) electrons. The molecule has 0 aliphatic heterocycles. The van der Waals surface area contributed by atoms with Crippen LogP contribution in [-0.2, 0) is 4.79 Å². The molecular formula is C24H36O2. The minimum atomic E-state index is -0.902. The first-order valence-electron chi connectivity index (χ1n) is 10.0. The van der Waals surface area contributed by atoms with Crippen molar-refractivity contribution in [3.63, 3.8) is 0 Å². The van der Waals surface area contributed by atoms with Crippen molar-refractivity contribution in [2.45, 2.75) is 79.6 Å². The topological polar surface area (TPSA) is 37.3 Å². The van der Waals surface area contributed by atoms with Gasteiger partial charge in [-0.05, 0) is 75.0 Å². The molecule has 26 heavy (non-hydrogen) atoms. The van der Waals surface area contributed by atoms with Crippen LogP contribution in [-0.4, -0.2) is 11.1 Å². The Labute approximate surface area is 160 Å². The number of hydrogen-bond donors (Lipinski definition) is 1. The lowest BCUT2D eigenvalue weighted by Crippen LogP contribution is -2.05. The molecule has 0 saturated carbocycles. The zero-order chi connectivity index (χ0) is 19.5. The quantitative estimate of drug-likeness (QED) is 0.351. The van der Waals surface area contributed by atoms with Crippen molar-refractivity contribution in [2.75, 3.05) is 0 Å². The summed E-state index contributed by atoms with van der Waals surface area (Å²) in [5, 5.41) is 8.76. The highest BCUT2D eigenvalue weighted by atomic mass is 16.4. The van der Waals surface area contributed by atoms with Gasteiger partial charge in [0, 0.05) is 6.08 Å². The van der Waals surface area contributed by atoms with Gasteiger partial charge >= 0.3 is 5.97 Å². The van der Waals surface area contributed by atoms with E-state index in [0.29, 0.717) is 0 Å². The zero-order valence-electron chi connectivity index (χ0n) is 17.3. The Morgan fingerprint density at radius 1 is 1.15 bits per heavy atom. The molecule has 1 aliphatic rings. The van der Waals surface area contributed by atoms with Crippen molar-refractivity contribution in [2.24, 2.45) is 5.92 Å². The minimum Gasteiger partial charge on any atom is -0.478 e. The molecule has 0 unspecified atom stereocenters. The van der Waals surface area contributed by atoms with Gasteiger partial charge in [0.2, 0.25) is 0 Å². The van der Waals surface area contributed by atoms with E-state index in [0.717, 1.165) is 11.5 Å². The number of carboxylic acid groups (broad SMARTS) is 1. The summed E-state index contributed by atoms with van der Waals surface area (Å²) >= 11 is 0. The smallest absolute Gasteiger partial charge is 0.328 e. The maximum Gasteiger partial charge on any atom is 0.328 e. The highest BCUT2D eigenvalue weighted by Gasteiger charge is 2.17. The molecule has 1 rings (SSSR count). The Hall–Kier alpha value is -1.83. The Kier molecular flexibility index (Phi) is 10.0. The molecule has 2 heteroatoms. The van der Waals surface area contributed by atoms with Crippen LogP contribution in [0.25, 0.3) is 0 Å². The molecule has 0 aromatic rings. The van der Waals surface area contributed by atoms with Crippen LogP contribution in [0, 0.1) is 5.92 Å². The lowest BCUT2D eigenvalue weighted by molar-refractivity contribution is -0.131. The van der Waals surface area contributed by atoms with Crippen LogP contribution in [0.4, 0.5) is 0 Å². The fourth-order valence-corrected chi connectivity index (χ4v) is 3.45. The van der Waals surface area contributed by atoms with Crippen molar-refractivity contribution in [1.82, 2.24) is 0 Å². The Balaban J connectivity index is 2.99. The van der Waals surface area contributed by atoms with Crippen LogP contribution < -0.4 is 0 Å². The SMILES string of the molecule is CCCC1=C(CCC(C)C)/C(=C/C(C)=C\C=C\C(C)=C\C(=O)O)CCC1. The number of aliphatic carboxylic acids is 1. The Bertz CT molecular complexity index is 625. The van der Waals surface area contributed by atoms with Gasteiger partial charge in [-0.15, -0.1) is 0 Å². The van der Waals surface area contributed by atoms with Crippen molar-refractivity contribution >= 4 is 5.97 Å². The maximum absolute atomic E-state index is 10.7. The molecular weight excluding hydrogens is 320 g/mol. The Morgan fingerprint density at radius 3 is 2.50 bits per heavy atom. The van der Waals surface area contributed by atoms with Crippen LogP contribution in [0.3, 0.4) is 0 Å². The summed E-state index contributed by atoms with van der Waals surface area (Å²) in [4.78, 5) is 10.7. The lowest BCUT2D eigenvalue weighted by Gasteiger charge is -2.24. The van der Waals surface area contributed by atoms with E-state index in [9.17, 15) is 4.79 Å². The van der Waals surface area contributed by atoms with Crippen molar-refractivity contribution in [3.05, 3.63) is 58.2 Å². The van der Waals surface area contributed by atoms with E-state index in [1.54, 1.807) is 18.1 Å². The number of allylic oxidation sites excluding steroid dienone is 9. The molecule has 0 spiro atoms. The van der Waals surface area contributed by atoms with Gasteiger partial charge in [0.1, 0.15) is 0 Å². The molecule has 0 bridgehead atoms. The van der Waals surface area contributed by atoms with Gasteiger partial charge in [-0.3, -0.25) is 0 Å². The molecule has 0 aromatic carbocycles. The van der Waals surface area contributed by atoms with Gasteiger partial charge in [0.05, 0.1) is 0 Å². The van der Waals surface area contributed by atoms with Gasteiger partial charge < -0.3 is 5.11 Å². The molecule has 2 nitrogen and oxygen atoms in total. The molecule has 0 amide bonds. The molecule has 1 aliphatic carbocycles. The first kappa shape index (κ1) is 22.2. The van der Waals surface area contributed by atoms with Gasteiger partial charge in [0.25, 0.3) is 0 Å². The van der Waals surface area contributed by atoms with Crippen LogP contribution in [0.1, 0.15) is 79.6 Å². The molecule has 144 valence electrons. The highest BCUT2D eigenvalue weighted by molar-refractivity contribution is 5.81. The number of rotatable bonds is 9. The zero-order valence-corrected chi connectivity index (χ0v) is 17.3. The van der Waals surface area contributed by atoms with E-state index in [1.165, 1.54) is 62.2 Å². The summed E-state index contributed by atoms with van der Waals surface area (Å²) in [7, 11) is 0. The first-order chi connectivity index (χ1) is 12.3. The molecule has 0 atom stereocenters. The van der Waals surface area contributed by atoms with Crippen LogP contribution in [0.15, 0.2) is 58.2 Å². The van der Waals surface area contributed by atoms with Crippen LogP contribution in [0.2, 0.25) is 0 Å². The normalized spacial score (nSPS) is 18.5. The molecule has 0 heterocycles. The monoisotopic (exact) mass is 356 g/mol. The van der Waals surface area contributed by atoms with Gasteiger partial charge in [-0.1, -0.05) is 62.6 Å². The first-order valence-corrected chi connectivity index (χ1v) is 10.0. The van der Waals surface area contributed by atoms with Crippen molar-refractivity contribution < 1.29 is 9.90 Å². The fourth-order valence-electron chi connectivity index (χ4n) is 3.45. The average Bonchev–Trinajstić information content (AvgIpc) is 2.53. The summed E-state index contributed by atoms with van der Waals surface area (Å²) in [6, 6.07) is 0. The third-order valence-corrected chi connectivity index (χ3v) is 4.73. The van der Waals surface area contributed by atoms with Crippen molar-refractivity contribution in [1.29, 1.82) is 0 Å². The van der Waals surface area contributed by atoms with Crippen LogP contribution in [0.5, 0.6) is 0 Å². The number of carboxylic acids is 1.